The fourth-order valence-corrected chi connectivity index (χ4v) is 5.63. The van der Waals surface area contributed by atoms with Crippen molar-refractivity contribution in [3.8, 4) is 5.75 Å². The van der Waals surface area contributed by atoms with Crippen molar-refractivity contribution in [2.75, 3.05) is 19.6 Å². The molecule has 0 fully saturated rings. The minimum absolute atomic E-state index is 0.0117. The fourth-order valence-electron chi connectivity index (χ4n) is 5.63. The van der Waals surface area contributed by atoms with Gasteiger partial charge in [0, 0.05) is 25.9 Å². The molecule has 0 aliphatic rings. The Kier molecular flexibility index (Phi) is 23.4. The second-order valence-corrected chi connectivity index (χ2v) is 14.3. The monoisotopic (exact) mass is 865 g/mol. The summed E-state index contributed by atoms with van der Waals surface area (Å²) in [7, 11) is 0. The minimum Gasteiger partial charge on any atom is -0.508 e. The van der Waals surface area contributed by atoms with Crippen LogP contribution in [0.25, 0.3) is 0 Å². The minimum atomic E-state index is -1.88. The van der Waals surface area contributed by atoms with Gasteiger partial charge >= 0.3 is 17.9 Å². The van der Waals surface area contributed by atoms with Gasteiger partial charge in [0.2, 0.25) is 35.4 Å². The van der Waals surface area contributed by atoms with E-state index in [1.54, 1.807) is 0 Å². The first-order valence-electron chi connectivity index (χ1n) is 19.4. The van der Waals surface area contributed by atoms with Crippen molar-refractivity contribution in [3.63, 3.8) is 0 Å². The van der Waals surface area contributed by atoms with Crippen LogP contribution in [0.2, 0.25) is 0 Å². The van der Waals surface area contributed by atoms with Crippen LogP contribution in [0.1, 0.15) is 70.8 Å². The van der Waals surface area contributed by atoms with Gasteiger partial charge in [0.05, 0.1) is 12.8 Å². The average Bonchev–Trinajstić information content (AvgIpc) is 3.16. The lowest BCUT2D eigenvalue weighted by Gasteiger charge is -2.28. The molecule has 0 spiro atoms. The third-order valence-electron chi connectivity index (χ3n) is 8.81. The highest BCUT2D eigenvalue weighted by Crippen LogP contribution is 2.13. The molecule has 0 saturated carbocycles. The number of carboxylic acid groups (broad SMARTS) is 3. The van der Waals surface area contributed by atoms with E-state index in [0.29, 0.717) is 18.4 Å². The number of aliphatic carboxylic acids is 3. The summed E-state index contributed by atoms with van der Waals surface area (Å²) in [5.74, 6) is -11.3. The Bertz CT molecular complexity index is 1710. The third-order valence-corrected chi connectivity index (χ3v) is 8.81. The molecule has 0 unspecified atom stereocenters. The first-order chi connectivity index (χ1) is 28.7. The first kappa shape index (κ1) is 52.5. The van der Waals surface area contributed by atoms with Crippen molar-refractivity contribution in [2.45, 2.75) is 108 Å². The molecule has 0 aliphatic carbocycles. The van der Waals surface area contributed by atoms with E-state index in [1.165, 1.54) is 38.1 Å². The normalized spacial score (nSPS) is 13.8. The summed E-state index contributed by atoms with van der Waals surface area (Å²) in [6.07, 6.45) is -1.40. The maximum Gasteiger partial charge on any atom is 0.326 e. The smallest absolute Gasteiger partial charge is 0.326 e. The van der Waals surface area contributed by atoms with Gasteiger partial charge in [-0.05, 0) is 62.3 Å². The maximum atomic E-state index is 13.8. The highest BCUT2D eigenvalue weighted by molar-refractivity contribution is 5.98. The zero-order chi connectivity index (χ0) is 46.2. The number of hydrogen-bond donors (Lipinski definition) is 14. The molecule has 0 bridgehead atoms. The number of carbonyl (C=O) groups is 9. The maximum absolute atomic E-state index is 13.8. The number of rotatable bonds is 29. The van der Waals surface area contributed by atoms with Crippen molar-refractivity contribution in [2.24, 2.45) is 33.8 Å². The van der Waals surface area contributed by atoms with E-state index in [1.807, 2.05) is 0 Å². The molecule has 6 amide bonds. The summed E-state index contributed by atoms with van der Waals surface area (Å²) < 4.78 is 0. The number of carbonyl (C=O) groups excluding carboxylic acids is 6. The van der Waals surface area contributed by atoms with Gasteiger partial charge in [0.15, 0.2) is 5.96 Å². The van der Waals surface area contributed by atoms with Crippen LogP contribution < -0.4 is 54.8 Å². The second kappa shape index (κ2) is 27.2. The number of guanidine groups is 1. The predicted octanol–water partition coefficient (Wildman–Crippen LogP) is -3.94. The van der Waals surface area contributed by atoms with Gasteiger partial charge in [-0.3, -0.25) is 43.3 Å². The molecule has 0 radical (unpaired) electrons. The van der Waals surface area contributed by atoms with E-state index < -0.39 is 108 Å². The molecule has 1 aromatic carbocycles. The number of aromatic hydroxyl groups is 1. The van der Waals surface area contributed by atoms with E-state index in [0.717, 1.165) is 0 Å². The zero-order valence-electron chi connectivity index (χ0n) is 34.1. The van der Waals surface area contributed by atoms with Crippen molar-refractivity contribution in [1.29, 1.82) is 0 Å². The third kappa shape index (κ3) is 20.8. The molecule has 0 aromatic heterocycles. The molecule has 1 aromatic rings. The molecule has 24 heteroatoms. The largest absolute Gasteiger partial charge is 0.508 e. The Morgan fingerprint density at radius 2 is 1.10 bits per heavy atom. The number of nitrogens with one attached hydrogen (secondary N) is 6. The molecule has 1 rings (SSSR count). The van der Waals surface area contributed by atoms with Crippen molar-refractivity contribution < 1.29 is 63.6 Å². The summed E-state index contributed by atoms with van der Waals surface area (Å²) in [6, 6.07) is -3.91. The van der Waals surface area contributed by atoms with Crippen LogP contribution in [0.4, 0.5) is 0 Å². The number of carboxylic acids is 3. The Balaban J connectivity index is 3.39. The van der Waals surface area contributed by atoms with Gasteiger partial charge in [-0.1, -0.05) is 26.0 Å². The van der Waals surface area contributed by atoms with Gasteiger partial charge in [0.25, 0.3) is 0 Å². The number of nitrogens with two attached hydrogens (primary N) is 4. The molecule has 340 valence electrons. The lowest BCUT2D eigenvalue weighted by molar-refractivity contribution is -0.147. The summed E-state index contributed by atoms with van der Waals surface area (Å²) in [6.45, 7) is 3.34. The number of hydrogen-bond acceptors (Lipinski definition) is 13. The lowest BCUT2D eigenvalue weighted by Crippen LogP contribution is -2.61. The second-order valence-electron chi connectivity index (χ2n) is 14.3. The SMILES string of the molecule is CC(C)[C@H](NC(=O)[C@H](CC(=O)O)NC(=O)[C@H](CCCCN)NC(=O)[C@H](CCCN=C(N)N)NC(=O)CCN)C(=O)N[C@@H](Cc1ccc(O)cc1)C(=O)N[C@@H](CC(=O)O)C(=O)O. The topological polar surface area (TPSA) is 423 Å². The fraction of sp³-hybridized carbons (Fsp3) is 0.568. The molecular formula is C37H59N11O13. The van der Waals surface area contributed by atoms with Gasteiger partial charge in [-0.25, -0.2) is 4.79 Å². The highest BCUT2D eigenvalue weighted by atomic mass is 16.4. The number of phenols is 1. The van der Waals surface area contributed by atoms with Crippen LogP contribution in [0.5, 0.6) is 5.75 Å². The van der Waals surface area contributed by atoms with Crippen LogP contribution in [-0.4, -0.2) is 136 Å². The van der Waals surface area contributed by atoms with Gasteiger partial charge in [-0.15, -0.1) is 0 Å². The van der Waals surface area contributed by atoms with Gasteiger partial charge in [-0.2, -0.15) is 0 Å². The molecule has 6 atom stereocenters. The number of aliphatic imine (C=N–C) groups is 1. The average molecular weight is 866 g/mol. The van der Waals surface area contributed by atoms with Crippen molar-refractivity contribution in [3.05, 3.63) is 29.8 Å². The molecule has 0 aliphatic heterocycles. The van der Waals surface area contributed by atoms with Gasteiger partial charge in [0.1, 0.15) is 42.0 Å². The van der Waals surface area contributed by atoms with Gasteiger partial charge < -0.3 is 75.3 Å². The first-order valence-corrected chi connectivity index (χ1v) is 19.4. The Labute approximate surface area is 351 Å². The number of nitrogens with zero attached hydrogens (tertiary/aromatic N) is 1. The molecule has 0 heterocycles. The molecule has 0 saturated heterocycles. The molecule has 61 heavy (non-hydrogen) atoms. The van der Waals surface area contributed by atoms with Crippen LogP contribution in [0, 0.1) is 5.92 Å². The highest BCUT2D eigenvalue weighted by Gasteiger charge is 2.35. The van der Waals surface area contributed by atoms with Crippen LogP contribution in [0.3, 0.4) is 0 Å². The standard InChI is InChI=1S/C37H59N11O13/c1-19(2)30(35(59)46-24(16-20-8-10-21(49)11-9-20)33(57)47-26(36(60)61)18-29(53)54)48-34(58)25(17-28(51)52)45-32(56)23(6-3-4-13-38)44-31(55)22(43-27(50)12-14-39)7-5-15-42-37(40)41/h8-11,19,22-26,30,49H,3-7,12-18,38-39H2,1-2H3,(H,43,50)(H,44,55)(H,45,56)(H,46,59)(H,47,57)(H,48,58)(H,51,52)(H,53,54)(H,60,61)(H4,40,41,42)/t22-,23-,24-,25-,26-,30-/m0/s1. The number of benzene rings is 1. The quantitative estimate of drug-likeness (QED) is 0.0208. The van der Waals surface area contributed by atoms with E-state index in [9.17, 15) is 58.5 Å². The van der Waals surface area contributed by atoms with Crippen LogP contribution in [0.15, 0.2) is 29.3 Å². The Hall–Kier alpha value is -6.56. The molecule has 24 nitrogen and oxygen atoms in total. The predicted molar refractivity (Wildman–Crippen MR) is 217 cm³/mol. The summed E-state index contributed by atoms with van der Waals surface area (Å²) in [5.41, 5.74) is 22.2. The number of phenolic OH excluding ortho intramolecular Hbond substituents is 1. The molecule has 18 N–H and O–H groups in total. The Morgan fingerprint density at radius 1 is 0.607 bits per heavy atom. The molecular weight excluding hydrogens is 806 g/mol. The van der Waals surface area contributed by atoms with E-state index in [-0.39, 0.29) is 63.4 Å². The van der Waals surface area contributed by atoms with E-state index in [2.05, 4.69) is 36.9 Å². The number of unbranched alkanes of at least 4 members (excludes halogenated alkanes) is 1. The summed E-state index contributed by atoms with van der Waals surface area (Å²) in [5, 5.41) is 52.3. The van der Waals surface area contributed by atoms with Crippen LogP contribution >= 0.6 is 0 Å². The summed E-state index contributed by atoms with van der Waals surface area (Å²) >= 11 is 0. The van der Waals surface area contributed by atoms with E-state index in [4.69, 9.17) is 28.0 Å². The lowest BCUT2D eigenvalue weighted by atomic mass is 9.99. The number of amides is 6. The van der Waals surface area contributed by atoms with Crippen molar-refractivity contribution in [1.82, 2.24) is 31.9 Å². The zero-order valence-corrected chi connectivity index (χ0v) is 34.1. The van der Waals surface area contributed by atoms with Crippen molar-refractivity contribution >= 4 is 59.3 Å². The summed E-state index contributed by atoms with van der Waals surface area (Å²) in [4.78, 5) is 119. The van der Waals surface area contributed by atoms with E-state index >= 15 is 0 Å². The Morgan fingerprint density at radius 3 is 1.62 bits per heavy atom. The van der Waals surface area contributed by atoms with Crippen LogP contribution in [-0.2, 0) is 49.6 Å².